The minimum Gasteiger partial charge on any atom is -0.497 e. The fraction of sp³-hybridized carbons (Fsp3) is 0.176. The summed E-state index contributed by atoms with van der Waals surface area (Å²) >= 11 is 0. The van der Waals surface area contributed by atoms with Crippen LogP contribution in [0.5, 0.6) is 5.75 Å². The van der Waals surface area contributed by atoms with Crippen molar-refractivity contribution in [1.82, 2.24) is 5.32 Å². The molecular formula is C17H19N3O3. The number of carbonyl (C=O) groups is 2. The molecule has 2 rings (SSSR count). The van der Waals surface area contributed by atoms with Crippen LogP contribution in [0.1, 0.15) is 15.9 Å². The molecule has 120 valence electrons. The molecule has 23 heavy (non-hydrogen) atoms. The number of carbonyl (C=O) groups excluding carboxylic acids is 2. The van der Waals surface area contributed by atoms with Crippen molar-refractivity contribution in [1.29, 1.82) is 0 Å². The third kappa shape index (κ3) is 5.12. The van der Waals surface area contributed by atoms with Gasteiger partial charge in [0.05, 0.1) is 13.7 Å². The van der Waals surface area contributed by atoms with Gasteiger partial charge in [-0.3, -0.25) is 9.59 Å². The monoisotopic (exact) mass is 313 g/mol. The Morgan fingerprint density at radius 2 is 1.87 bits per heavy atom. The predicted molar refractivity (Wildman–Crippen MR) is 88.3 cm³/mol. The molecule has 0 fully saturated rings. The van der Waals surface area contributed by atoms with Gasteiger partial charge in [0.15, 0.2) is 0 Å². The average Bonchev–Trinajstić information content (AvgIpc) is 2.55. The van der Waals surface area contributed by atoms with Crippen molar-refractivity contribution in [2.24, 2.45) is 5.73 Å². The summed E-state index contributed by atoms with van der Waals surface area (Å²) in [5, 5.41) is 5.76. The van der Waals surface area contributed by atoms with E-state index in [2.05, 4.69) is 10.6 Å². The van der Waals surface area contributed by atoms with Crippen LogP contribution < -0.4 is 21.1 Å². The highest BCUT2D eigenvalue weighted by Crippen LogP contribution is 2.11. The first-order chi connectivity index (χ1) is 11.1. The van der Waals surface area contributed by atoms with E-state index < -0.39 is 5.91 Å². The summed E-state index contributed by atoms with van der Waals surface area (Å²) in [6.07, 6.45) is 0. The Hall–Kier alpha value is -2.86. The third-order valence-electron chi connectivity index (χ3n) is 3.20. The highest BCUT2D eigenvalue weighted by molar-refractivity contribution is 5.96. The van der Waals surface area contributed by atoms with Crippen molar-refractivity contribution in [3.63, 3.8) is 0 Å². The van der Waals surface area contributed by atoms with Gasteiger partial charge < -0.3 is 21.1 Å². The van der Waals surface area contributed by atoms with Crippen LogP contribution in [0.3, 0.4) is 0 Å². The number of nitrogens with two attached hydrogens (primary N) is 1. The Balaban J connectivity index is 1.80. The molecule has 4 N–H and O–H groups in total. The standard InChI is InChI=1S/C17H19N3O3/c1-23-15-7-5-12(6-8-15)10-19-11-16(21)20-14-4-2-3-13(9-14)17(18)22/h2-9,19H,10-11H2,1H3,(H2,18,22)(H,20,21). The molecule has 6 nitrogen and oxygen atoms in total. The lowest BCUT2D eigenvalue weighted by Crippen LogP contribution is -2.27. The summed E-state index contributed by atoms with van der Waals surface area (Å²) in [5.74, 6) is 0.0692. The molecule has 0 aromatic heterocycles. The van der Waals surface area contributed by atoms with Crippen molar-refractivity contribution in [2.45, 2.75) is 6.54 Å². The van der Waals surface area contributed by atoms with E-state index in [0.29, 0.717) is 17.8 Å². The van der Waals surface area contributed by atoms with Crippen LogP contribution in [-0.4, -0.2) is 25.5 Å². The zero-order chi connectivity index (χ0) is 16.7. The van der Waals surface area contributed by atoms with Crippen LogP contribution in [0.2, 0.25) is 0 Å². The summed E-state index contributed by atoms with van der Waals surface area (Å²) < 4.78 is 5.09. The third-order valence-corrected chi connectivity index (χ3v) is 3.20. The highest BCUT2D eigenvalue weighted by Gasteiger charge is 2.05. The van der Waals surface area contributed by atoms with E-state index in [9.17, 15) is 9.59 Å². The number of benzene rings is 2. The first kappa shape index (κ1) is 16.5. The highest BCUT2D eigenvalue weighted by atomic mass is 16.5. The second kappa shape index (κ2) is 7.95. The SMILES string of the molecule is COc1ccc(CNCC(=O)Nc2cccc(C(N)=O)c2)cc1. The molecule has 0 atom stereocenters. The number of anilines is 1. The fourth-order valence-corrected chi connectivity index (χ4v) is 2.02. The lowest BCUT2D eigenvalue weighted by Gasteiger charge is -2.08. The number of hydrogen-bond donors (Lipinski definition) is 3. The summed E-state index contributed by atoms with van der Waals surface area (Å²) in [6.45, 7) is 0.728. The maximum absolute atomic E-state index is 11.9. The lowest BCUT2D eigenvalue weighted by molar-refractivity contribution is -0.115. The van der Waals surface area contributed by atoms with E-state index in [1.165, 1.54) is 0 Å². The number of ether oxygens (including phenoxy) is 1. The molecule has 0 aliphatic carbocycles. The van der Waals surface area contributed by atoms with Crippen LogP contribution in [0.25, 0.3) is 0 Å². The molecule has 0 radical (unpaired) electrons. The number of primary amides is 1. The summed E-state index contributed by atoms with van der Waals surface area (Å²) in [6, 6.07) is 14.1. The average molecular weight is 313 g/mol. The quantitative estimate of drug-likeness (QED) is 0.722. The van der Waals surface area contributed by atoms with Crippen molar-refractivity contribution in [3.8, 4) is 5.75 Å². The summed E-state index contributed by atoms with van der Waals surface area (Å²) in [7, 11) is 1.62. The number of hydrogen-bond acceptors (Lipinski definition) is 4. The molecule has 0 unspecified atom stereocenters. The molecule has 0 aliphatic heterocycles. The normalized spacial score (nSPS) is 10.1. The van der Waals surface area contributed by atoms with Gasteiger partial charge in [-0.15, -0.1) is 0 Å². The molecule has 2 amide bonds. The van der Waals surface area contributed by atoms with E-state index in [4.69, 9.17) is 10.5 Å². The van der Waals surface area contributed by atoms with Crippen molar-refractivity contribution >= 4 is 17.5 Å². The van der Waals surface area contributed by atoms with Crippen LogP contribution in [0.4, 0.5) is 5.69 Å². The predicted octanol–water partition coefficient (Wildman–Crippen LogP) is 1.52. The van der Waals surface area contributed by atoms with E-state index in [-0.39, 0.29) is 12.5 Å². The van der Waals surface area contributed by atoms with Gasteiger partial charge in [-0.1, -0.05) is 18.2 Å². The Morgan fingerprint density at radius 1 is 1.13 bits per heavy atom. The van der Waals surface area contributed by atoms with Crippen LogP contribution >= 0.6 is 0 Å². The largest absolute Gasteiger partial charge is 0.497 e. The van der Waals surface area contributed by atoms with Gasteiger partial charge in [-0.2, -0.15) is 0 Å². The molecule has 2 aromatic carbocycles. The van der Waals surface area contributed by atoms with Gasteiger partial charge in [0, 0.05) is 17.8 Å². The van der Waals surface area contributed by atoms with E-state index in [1.54, 1.807) is 31.4 Å². The van der Waals surface area contributed by atoms with Gasteiger partial charge >= 0.3 is 0 Å². The van der Waals surface area contributed by atoms with Gasteiger partial charge in [0.1, 0.15) is 5.75 Å². The summed E-state index contributed by atoms with van der Waals surface area (Å²) in [5.41, 5.74) is 7.15. The summed E-state index contributed by atoms with van der Waals surface area (Å²) in [4.78, 5) is 23.0. The molecule has 0 saturated carbocycles. The molecule has 2 aromatic rings. The first-order valence-corrected chi connectivity index (χ1v) is 7.12. The van der Waals surface area contributed by atoms with E-state index in [0.717, 1.165) is 11.3 Å². The molecule has 0 aliphatic rings. The maximum atomic E-state index is 11.9. The molecule has 6 heteroatoms. The second-order valence-electron chi connectivity index (χ2n) is 4.94. The molecular weight excluding hydrogens is 294 g/mol. The van der Waals surface area contributed by atoms with Gasteiger partial charge in [-0.25, -0.2) is 0 Å². The Labute approximate surface area is 134 Å². The minimum atomic E-state index is -0.529. The number of rotatable bonds is 7. The Kier molecular flexibility index (Phi) is 5.71. The minimum absolute atomic E-state index is 0.160. The van der Waals surface area contributed by atoms with Gasteiger partial charge in [0.25, 0.3) is 0 Å². The number of amides is 2. The van der Waals surface area contributed by atoms with Gasteiger partial charge in [-0.05, 0) is 35.9 Å². The number of nitrogens with one attached hydrogen (secondary N) is 2. The Bertz CT molecular complexity index is 684. The van der Waals surface area contributed by atoms with Crippen LogP contribution in [-0.2, 0) is 11.3 Å². The molecule has 0 bridgehead atoms. The fourth-order valence-electron chi connectivity index (χ4n) is 2.02. The topological polar surface area (TPSA) is 93.4 Å². The lowest BCUT2D eigenvalue weighted by atomic mass is 10.2. The molecule has 0 spiro atoms. The first-order valence-electron chi connectivity index (χ1n) is 7.12. The molecule has 0 saturated heterocycles. The number of methoxy groups -OCH3 is 1. The zero-order valence-electron chi connectivity index (χ0n) is 12.8. The van der Waals surface area contributed by atoms with Crippen molar-refractivity contribution < 1.29 is 14.3 Å². The van der Waals surface area contributed by atoms with Crippen molar-refractivity contribution in [3.05, 3.63) is 59.7 Å². The van der Waals surface area contributed by atoms with Crippen LogP contribution in [0, 0.1) is 0 Å². The van der Waals surface area contributed by atoms with E-state index in [1.807, 2.05) is 24.3 Å². The Morgan fingerprint density at radius 3 is 2.52 bits per heavy atom. The maximum Gasteiger partial charge on any atom is 0.248 e. The zero-order valence-corrected chi connectivity index (χ0v) is 12.8. The molecule has 0 heterocycles. The van der Waals surface area contributed by atoms with Crippen molar-refractivity contribution in [2.75, 3.05) is 19.0 Å². The van der Waals surface area contributed by atoms with Gasteiger partial charge in [0.2, 0.25) is 11.8 Å². The smallest absolute Gasteiger partial charge is 0.248 e. The van der Waals surface area contributed by atoms with Crippen LogP contribution in [0.15, 0.2) is 48.5 Å². The second-order valence-corrected chi connectivity index (χ2v) is 4.94. The van der Waals surface area contributed by atoms with E-state index >= 15 is 0 Å².